The van der Waals surface area contributed by atoms with Gasteiger partial charge < -0.3 is 4.74 Å². The van der Waals surface area contributed by atoms with Gasteiger partial charge in [-0.2, -0.15) is 0 Å². The SMILES string of the molecule is COc1ccc(N2C(=O)C34ON(c5ccccc5)C(c5ccc(Cl)cc5)C3(C2=O)C2c3ccccc3C4c3ccccc32)cc1. The van der Waals surface area contributed by atoms with Crippen molar-refractivity contribution < 1.29 is 19.2 Å². The minimum absolute atomic E-state index is 0.282. The van der Waals surface area contributed by atoms with Crippen LogP contribution in [0.1, 0.15) is 45.7 Å². The summed E-state index contributed by atoms with van der Waals surface area (Å²) in [7, 11) is 1.59. The Morgan fingerprint density at radius 1 is 0.644 bits per heavy atom. The van der Waals surface area contributed by atoms with Gasteiger partial charge in [-0.05, 0) is 76.3 Å². The summed E-state index contributed by atoms with van der Waals surface area (Å²) >= 11 is 6.41. The van der Waals surface area contributed by atoms with Crippen molar-refractivity contribution in [3.63, 3.8) is 0 Å². The fourth-order valence-electron chi connectivity index (χ4n) is 8.64. The molecule has 5 aliphatic rings. The number of anilines is 2. The van der Waals surface area contributed by atoms with Gasteiger partial charge in [-0.15, -0.1) is 0 Å². The zero-order valence-electron chi connectivity index (χ0n) is 24.3. The van der Waals surface area contributed by atoms with E-state index in [1.807, 2.05) is 83.9 Å². The van der Waals surface area contributed by atoms with Gasteiger partial charge in [0.05, 0.1) is 24.4 Å². The molecule has 0 radical (unpaired) electrons. The Hall–Kier alpha value is -4.91. The molecule has 3 unspecified atom stereocenters. The van der Waals surface area contributed by atoms with Crippen molar-refractivity contribution in [1.29, 1.82) is 0 Å². The number of hydrogen-bond donors (Lipinski definition) is 0. The van der Waals surface area contributed by atoms with Gasteiger partial charge in [0.1, 0.15) is 17.2 Å². The van der Waals surface area contributed by atoms with Crippen molar-refractivity contribution in [3.8, 4) is 5.75 Å². The van der Waals surface area contributed by atoms with E-state index in [0.717, 1.165) is 33.5 Å². The molecular formula is C38H27ClN2O4. The molecule has 2 aliphatic heterocycles. The molecule has 2 heterocycles. The topological polar surface area (TPSA) is 59.1 Å². The van der Waals surface area contributed by atoms with Crippen LogP contribution >= 0.6 is 11.6 Å². The van der Waals surface area contributed by atoms with Crippen LogP contribution in [-0.2, 0) is 14.4 Å². The number of carbonyl (C=O) groups excluding carboxylic acids is 2. The zero-order valence-corrected chi connectivity index (χ0v) is 25.0. The van der Waals surface area contributed by atoms with Gasteiger partial charge in [0.25, 0.3) is 5.91 Å². The first-order chi connectivity index (χ1) is 22.0. The van der Waals surface area contributed by atoms with E-state index in [9.17, 15) is 0 Å². The first kappa shape index (κ1) is 26.5. The average molecular weight is 611 g/mol. The number of nitrogens with zero attached hydrogens (tertiary/aromatic N) is 2. The summed E-state index contributed by atoms with van der Waals surface area (Å²) in [5, 5.41) is 2.41. The van der Waals surface area contributed by atoms with Gasteiger partial charge in [-0.1, -0.05) is 90.5 Å². The maximum absolute atomic E-state index is 15.7. The maximum Gasteiger partial charge on any atom is 0.271 e. The molecule has 220 valence electrons. The van der Waals surface area contributed by atoms with Crippen molar-refractivity contribution in [3.05, 3.63) is 160 Å². The van der Waals surface area contributed by atoms with E-state index in [1.165, 1.54) is 4.90 Å². The molecule has 2 amide bonds. The van der Waals surface area contributed by atoms with E-state index in [4.69, 9.17) is 21.2 Å². The second-order valence-corrected chi connectivity index (χ2v) is 12.5. The molecule has 6 nitrogen and oxygen atoms in total. The van der Waals surface area contributed by atoms with Crippen LogP contribution in [0.5, 0.6) is 5.75 Å². The van der Waals surface area contributed by atoms with Gasteiger partial charge in [0.2, 0.25) is 11.5 Å². The Balaban J connectivity index is 1.41. The number of methoxy groups -OCH3 is 1. The predicted octanol–water partition coefficient (Wildman–Crippen LogP) is 7.43. The third-order valence-electron chi connectivity index (χ3n) is 10.2. The number of halogens is 1. The molecule has 2 fully saturated rings. The molecule has 2 saturated heterocycles. The second-order valence-electron chi connectivity index (χ2n) is 12.1. The number of carbonyl (C=O) groups is 2. The molecule has 0 saturated carbocycles. The molecule has 5 aromatic rings. The quantitative estimate of drug-likeness (QED) is 0.198. The van der Waals surface area contributed by atoms with Crippen molar-refractivity contribution >= 4 is 34.8 Å². The summed E-state index contributed by atoms with van der Waals surface area (Å²) < 4.78 is 5.40. The highest BCUT2D eigenvalue weighted by atomic mass is 35.5. The molecule has 3 aliphatic carbocycles. The number of imide groups is 1. The van der Waals surface area contributed by atoms with Gasteiger partial charge in [0, 0.05) is 10.9 Å². The van der Waals surface area contributed by atoms with Gasteiger partial charge in [0.15, 0.2) is 0 Å². The summed E-state index contributed by atoms with van der Waals surface area (Å²) in [6, 6.07) is 40.2. The second kappa shape index (κ2) is 9.30. The van der Waals surface area contributed by atoms with Crippen LogP contribution < -0.4 is 14.7 Å². The lowest BCUT2D eigenvalue weighted by Gasteiger charge is -2.55. The molecule has 0 aromatic heterocycles. The standard InChI is InChI=1S/C38H27ClN2O4/c1-44-27-21-19-25(20-22-27)40-35(42)37-32-28-11-5-7-13-30(28)33(31-14-8-6-12-29(31)32)38(37,36(40)43)45-41(26-9-3-2-4-10-26)34(37)23-15-17-24(39)18-16-23/h2-22,32-34H,1H3. The van der Waals surface area contributed by atoms with E-state index in [0.29, 0.717) is 16.5 Å². The molecular weight excluding hydrogens is 584 g/mol. The highest BCUT2D eigenvalue weighted by Gasteiger charge is 2.87. The Morgan fingerprint density at radius 2 is 1.20 bits per heavy atom. The summed E-state index contributed by atoms with van der Waals surface area (Å²) in [6.45, 7) is 0. The lowest BCUT2D eigenvalue weighted by molar-refractivity contribution is -0.153. The van der Waals surface area contributed by atoms with Gasteiger partial charge in [-0.25, -0.2) is 9.96 Å². The van der Waals surface area contributed by atoms with Crippen molar-refractivity contribution in [1.82, 2.24) is 0 Å². The van der Waals surface area contributed by atoms with Crippen LogP contribution in [0.25, 0.3) is 0 Å². The van der Waals surface area contributed by atoms with Crippen molar-refractivity contribution in [2.75, 3.05) is 17.1 Å². The number of para-hydroxylation sites is 1. The fraction of sp³-hybridized carbons (Fsp3) is 0.158. The zero-order chi connectivity index (χ0) is 30.5. The molecule has 45 heavy (non-hydrogen) atoms. The predicted molar refractivity (Wildman–Crippen MR) is 171 cm³/mol. The molecule has 2 bridgehead atoms. The van der Waals surface area contributed by atoms with Crippen molar-refractivity contribution in [2.24, 2.45) is 5.41 Å². The smallest absolute Gasteiger partial charge is 0.271 e. The monoisotopic (exact) mass is 610 g/mol. The highest BCUT2D eigenvalue weighted by molar-refractivity contribution is 6.31. The third-order valence-corrected chi connectivity index (χ3v) is 10.5. The number of ether oxygens (including phenoxy) is 1. The maximum atomic E-state index is 15.7. The Labute approximate surface area is 265 Å². The largest absolute Gasteiger partial charge is 0.497 e. The van der Waals surface area contributed by atoms with Crippen LogP contribution in [0.4, 0.5) is 11.4 Å². The number of hydrogen-bond acceptors (Lipinski definition) is 5. The van der Waals surface area contributed by atoms with Crippen LogP contribution in [0, 0.1) is 5.41 Å². The molecule has 0 spiro atoms. The van der Waals surface area contributed by atoms with E-state index < -0.39 is 28.9 Å². The number of benzene rings is 5. The summed E-state index contributed by atoms with van der Waals surface area (Å²) in [6.07, 6.45) is 0. The third kappa shape index (κ3) is 3.13. The highest BCUT2D eigenvalue weighted by Crippen LogP contribution is 2.77. The average Bonchev–Trinajstić information content (AvgIpc) is 3.53. The van der Waals surface area contributed by atoms with Gasteiger partial charge in [-0.3, -0.25) is 14.4 Å². The Morgan fingerprint density at radius 3 is 1.78 bits per heavy atom. The number of hydroxylamine groups is 1. The van der Waals surface area contributed by atoms with Gasteiger partial charge >= 0.3 is 0 Å². The summed E-state index contributed by atoms with van der Waals surface area (Å²) in [4.78, 5) is 39.7. The molecule has 3 atom stereocenters. The van der Waals surface area contributed by atoms with Crippen LogP contribution in [0.3, 0.4) is 0 Å². The van der Waals surface area contributed by atoms with Crippen LogP contribution in [0.15, 0.2) is 127 Å². The molecule has 0 N–H and O–H groups in total. The normalized spacial score (nSPS) is 27.2. The van der Waals surface area contributed by atoms with E-state index in [-0.39, 0.29) is 11.8 Å². The number of amides is 2. The van der Waals surface area contributed by atoms with E-state index in [2.05, 4.69) is 24.3 Å². The first-order valence-corrected chi connectivity index (χ1v) is 15.4. The lowest BCUT2D eigenvalue weighted by atomic mass is 9.43. The molecule has 10 rings (SSSR count). The minimum Gasteiger partial charge on any atom is -0.497 e. The van der Waals surface area contributed by atoms with Crippen LogP contribution in [-0.4, -0.2) is 24.5 Å². The van der Waals surface area contributed by atoms with E-state index in [1.54, 1.807) is 31.4 Å². The Bertz CT molecular complexity index is 1970. The first-order valence-electron chi connectivity index (χ1n) is 15.0. The lowest BCUT2D eigenvalue weighted by Crippen LogP contribution is -2.63. The van der Waals surface area contributed by atoms with E-state index >= 15 is 9.59 Å². The summed E-state index contributed by atoms with van der Waals surface area (Å²) in [5.74, 6) is -1.01. The van der Waals surface area contributed by atoms with Crippen LogP contribution in [0.2, 0.25) is 5.02 Å². The Kier molecular flexibility index (Phi) is 5.47. The number of rotatable bonds is 4. The molecule has 7 heteroatoms. The summed E-state index contributed by atoms with van der Waals surface area (Å²) in [5.41, 5.74) is 3.27. The van der Waals surface area contributed by atoms with Crippen molar-refractivity contribution in [2.45, 2.75) is 23.5 Å². The molecule has 5 aromatic carbocycles. The minimum atomic E-state index is -1.57. The fourth-order valence-corrected chi connectivity index (χ4v) is 8.77.